The number of para-hydroxylation sites is 1. The van der Waals surface area contributed by atoms with Gasteiger partial charge in [-0.25, -0.2) is 4.98 Å². The number of benzene rings is 1. The average Bonchev–Trinajstić information content (AvgIpc) is 2.80. The predicted octanol–water partition coefficient (Wildman–Crippen LogP) is 3.07. The first kappa shape index (κ1) is 14.0. The zero-order valence-electron chi connectivity index (χ0n) is 12.2. The van der Waals surface area contributed by atoms with Gasteiger partial charge in [0.15, 0.2) is 0 Å². The van der Waals surface area contributed by atoms with Crippen LogP contribution in [0.5, 0.6) is 0 Å². The number of nitrogens with zero attached hydrogens (tertiary/aromatic N) is 2. The maximum absolute atomic E-state index is 10.8. The lowest BCUT2D eigenvalue weighted by Crippen LogP contribution is -2.47. The lowest BCUT2D eigenvalue weighted by Gasteiger charge is -2.39. The highest BCUT2D eigenvalue weighted by atomic mass is 32.1. The number of fused-ring (bicyclic) bond motifs is 1. The minimum Gasteiger partial charge on any atom is -0.389 e. The Morgan fingerprint density at radius 3 is 2.65 bits per heavy atom. The van der Waals surface area contributed by atoms with Crippen LogP contribution in [0.2, 0.25) is 0 Å². The minimum absolute atomic E-state index is 0.570. The fourth-order valence-electron chi connectivity index (χ4n) is 2.91. The van der Waals surface area contributed by atoms with E-state index in [-0.39, 0.29) is 0 Å². The van der Waals surface area contributed by atoms with Gasteiger partial charge in [-0.3, -0.25) is 0 Å². The fraction of sp³-hybridized carbons (Fsp3) is 0.562. The van der Waals surface area contributed by atoms with Crippen molar-refractivity contribution in [2.24, 2.45) is 0 Å². The van der Waals surface area contributed by atoms with Crippen molar-refractivity contribution >= 4 is 21.6 Å². The average molecular weight is 290 g/mol. The lowest BCUT2D eigenvalue weighted by atomic mass is 9.88. The van der Waals surface area contributed by atoms with Crippen molar-refractivity contribution < 1.29 is 5.11 Å². The maximum atomic E-state index is 10.8. The van der Waals surface area contributed by atoms with E-state index in [1.807, 2.05) is 18.2 Å². The second-order valence-electron chi connectivity index (χ2n) is 6.11. The van der Waals surface area contributed by atoms with Crippen LogP contribution in [0.3, 0.4) is 0 Å². The van der Waals surface area contributed by atoms with E-state index in [1.165, 1.54) is 4.70 Å². The smallest absolute Gasteiger partial charge is 0.0967 e. The third kappa shape index (κ3) is 2.87. The number of likely N-dealkylation sites (tertiary alicyclic amines) is 1. The summed E-state index contributed by atoms with van der Waals surface area (Å²) in [6, 6.07) is 8.77. The highest BCUT2D eigenvalue weighted by Gasteiger charge is 2.34. The summed E-state index contributed by atoms with van der Waals surface area (Å²) >= 11 is 1.71. The van der Waals surface area contributed by atoms with Gasteiger partial charge in [-0.15, -0.1) is 11.3 Å². The number of aromatic nitrogens is 1. The van der Waals surface area contributed by atoms with E-state index >= 15 is 0 Å². The maximum Gasteiger partial charge on any atom is 0.0967 e. The molecule has 0 spiro atoms. The molecule has 0 amide bonds. The molecule has 1 N–H and O–H groups in total. The molecule has 1 saturated heterocycles. The number of aliphatic hydroxyl groups is 1. The summed E-state index contributed by atoms with van der Waals surface area (Å²) in [5, 5.41) is 11.9. The Labute approximate surface area is 124 Å². The Morgan fingerprint density at radius 2 is 2.00 bits per heavy atom. The summed E-state index contributed by atoms with van der Waals surface area (Å²) in [5.74, 6) is 0. The van der Waals surface area contributed by atoms with Gasteiger partial charge in [0.25, 0.3) is 0 Å². The fourth-order valence-corrected chi connectivity index (χ4v) is 4.01. The Morgan fingerprint density at radius 1 is 1.30 bits per heavy atom. The minimum atomic E-state index is -0.570. The monoisotopic (exact) mass is 290 g/mol. The van der Waals surface area contributed by atoms with E-state index in [9.17, 15) is 5.11 Å². The molecule has 0 aliphatic carbocycles. The Balaban J connectivity index is 1.71. The van der Waals surface area contributed by atoms with Crippen LogP contribution in [-0.4, -0.2) is 39.7 Å². The van der Waals surface area contributed by atoms with Crippen molar-refractivity contribution in [3.63, 3.8) is 0 Å². The molecular weight excluding hydrogens is 268 g/mol. The van der Waals surface area contributed by atoms with Crippen LogP contribution in [0.15, 0.2) is 24.3 Å². The molecule has 3 rings (SSSR count). The van der Waals surface area contributed by atoms with E-state index in [0.29, 0.717) is 12.5 Å². The molecule has 3 nitrogen and oxygen atoms in total. The van der Waals surface area contributed by atoms with Gasteiger partial charge in [-0.05, 0) is 38.8 Å². The lowest BCUT2D eigenvalue weighted by molar-refractivity contribution is -0.0271. The van der Waals surface area contributed by atoms with Crippen LogP contribution in [-0.2, 0) is 6.42 Å². The summed E-state index contributed by atoms with van der Waals surface area (Å²) in [7, 11) is 0. The Bertz CT molecular complexity index is 552. The van der Waals surface area contributed by atoms with Gasteiger partial charge >= 0.3 is 0 Å². The number of hydrogen-bond acceptors (Lipinski definition) is 4. The van der Waals surface area contributed by atoms with Crippen LogP contribution >= 0.6 is 11.3 Å². The van der Waals surface area contributed by atoms with E-state index < -0.39 is 5.60 Å². The number of hydrogen-bond donors (Lipinski definition) is 1. The Hall–Kier alpha value is -0.970. The van der Waals surface area contributed by atoms with E-state index in [0.717, 1.165) is 36.5 Å². The molecule has 1 fully saturated rings. The summed E-state index contributed by atoms with van der Waals surface area (Å²) in [5.41, 5.74) is 0.481. The van der Waals surface area contributed by atoms with Gasteiger partial charge in [-0.2, -0.15) is 0 Å². The first-order chi connectivity index (χ1) is 9.56. The van der Waals surface area contributed by atoms with Crippen LogP contribution in [0.25, 0.3) is 10.2 Å². The van der Waals surface area contributed by atoms with Crippen molar-refractivity contribution in [2.75, 3.05) is 13.1 Å². The van der Waals surface area contributed by atoms with E-state index in [2.05, 4.69) is 29.8 Å². The van der Waals surface area contributed by atoms with Crippen molar-refractivity contribution in [1.29, 1.82) is 0 Å². The van der Waals surface area contributed by atoms with Crippen molar-refractivity contribution in [1.82, 2.24) is 9.88 Å². The second kappa shape index (κ2) is 5.43. The summed E-state index contributed by atoms with van der Waals surface area (Å²) in [6.07, 6.45) is 2.39. The van der Waals surface area contributed by atoms with Gasteiger partial charge in [-0.1, -0.05) is 12.1 Å². The molecule has 0 saturated carbocycles. The molecule has 1 aliphatic rings. The second-order valence-corrected chi connectivity index (χ2v) is 7.22. The third-order valence-corrected chi connectivity index (χ3v) is 5.31. The molecule has 1 aliphatic heterocycles. The predicted molar refractivity (Wildman–Crippen MR) is 84.2 cm³/mol. The van der Waals surface area contributed by atoms with Crippen LogP contribution in [0.4, 0.5) is 0 Å². The van der Waals surface area contributed by atoms with Crippen molar-refractivity contribution in [3.8, 4) is 0 Å². The van der Waals surface area contributed by atoms with Crippen LogP contribution in [0.1, 0.15) is 31.7 Å². The number of rotatable bonds is 3. The summed E-state index contributed by atoms with van der Waals surface area (Å²) < 4.78 is 1.21. The van der Waals surface area contributed by atoms with Crippen LogP contribution < -0.4 is 0 Å². The molecule has 0 atom stereocenters. The van der Waals surface area contributed by atoms with Crippen molar-refractivity contribution in [3.05, 3.63) is 29.3 Å². The molecule has 108 valence electrons. The molecule has 4 heteroatoms. The topological polar surface area (TPSA) is 36.4 Å². The SMILES string of the molecule is CC(C)N1CCC(O)(Cc2nc3ccccc3s2)CC1. The zero-order chi connectivity index (χ0) is 14.2. The molecular formula is C16H22N2OS. The molecule has 0 unspecified atom stereocenters. The summed E-state index contributed by atoms with van der Waals surface area (Å²) in [4.78, 5) is 7.09. The normalized spacial score (nSPS) is 19.8. The molecule has 0 bridgehead atoms. The first-order valence-corrected chi connectivity index (χ1v) is 8.18. The van der Waals surface area contributed by atoms with Crippen LogP contribution in [0, 0.1) is 0 Å². The standard InChI is InChI=1S/C16H22N2OS/c1-12(2)18-9-7-16(19,8-10-18)11-15-17-13-5-3-4-6-14(13)20-15/h3-6,12,19H,7-11H2,1-2H3. The van der Waals surface area contributed by atoms with Gasteiger partial charge < -0.3 is 10.0 Å². The van der Waals surface area contributed by atoms with Gasteiger partial charge in [0.05, 0.1) is 20.8 Å². The van der Waals surface area contributed by atoms with Gasteiger partial charge in [0.2, 0.25) is 0 Å². The van der Waals surface area contributed by atoms with Gasteiger partial charge in [0, 0.05) is 25.6 Å². The molecule has 2 heterocycles. The van der Waals surface area contributed by atoms with Crippen molar-refractivity contribution in [2.45, 2.75) is 44.8 Å². The first-order valence-electron chi connectivity index (χ1n) is 7.37. The molecule has 0 radical (unpaired) electrons. The number of thiazole rings is 1. The highest BCUT2D eigenvalue weighted by Crippen LogP contribution is 2.30. The third-order valence-electron chi connectivity index (χ3n) is 4.28. The van der Waals surface area contributed by atoms with E-state index in [4.69, 9.17) is 0 Å². The molecule has 1 aromatic carbocycles. The molecule has 1 aromatic heterocycles. The highest BCUT2D eigenvalue weighted by molar-refractivity contribution is 7.18. The number of piperidine rings is 1. The largest absolute Gasteiger partial charge is 0.389 e. The summed E-state index contributed by atoms with van der Waals surface area (Å²) in [6.45, 7) is 6.41. The molecule has 20 heavy (non-hydrogen) atoms. The zero-order valence-corrected chi connectivity index (χ0v) is 13.0. The quantitative estimate of drug-likeness (QED) is 0.944. The van der Waals surface area contributed by atoms with E-state index in [1.54, 1.807) is 11.3 Å². The van der Waals surface area contributed by atoms with Gasteiger partial charge in [0.1, 0.15) is 0 Å². The Kier molecular flexibility index (Phi) is 3.80. The molecule has 2 aromatic rings.